The zero-order chi connectivity index (χ0) is 13.2. The van der Waals surface area contributed by atoms with Gasteiger partial charge >= 0.3 is 0 Å². The number of rotatable bonds is 4. The molecular formula is C12H24N4S. The van der Waals surface area contributed by atoms with E-state index in [4.69, 9.17) is 12.2 Å². The first kappa shape index (κ1) is 14.2. The van der Waals surface area contributed by atoms with Crippen molar-refractivity contribution in [3.05, 3.63) is 4.77 Å². The zero-order valence-corrected chi connectivity index (χ0v) is 12.6. The smallest absolute Gasteiger partial charge is 0.225 e. The highest BCUT2D eigenvalue weighted by molar-refractivity contribution is 7.71. The maximum Gasteiger partial charge on any atom is 0.225 e. The van der Waals surface area contributed by atoms with Crippen molar-refractivity contribution in [2.75, 3.05) is 11.9 Å². The Labute approximate surface area is 109 Å². The lowest BCUT2D eigenvalue weighted by molar-refractivity contribution is 0.325. The number of nitrogens with one attached hydrogen (secondary N) is 1. The molecule has 1 aromatic rings. The highest BCUT2D eigenvalue weighted by atomic mass is 32.1. The molecular weight excluding hydrogens is 232 g/mol. The summed E-state index contributed by atoms with van der Waals surface area (Å²) < 4.78 is 2.77. The fraction of sp³-hybridized carbons (Fsp3) is 0.833. The molecule has 1 atom stereocenters. The summed E-state index contributed by atoms with van der Waals surface area (Å²) in [6.45, 7) is 12.0. The number of anilines is 1. The Balaban J connectivity index is 3.04. The molecule has 0 saturated carbocycles. The van der Waals surface area contributed by atoms with Gasteiger partial charge in [0.2, 0.25) is 5.95 Å². The van der Waals surface area contributed by atoms with Crippen molar-refractivity contribution >= 4 is 18.2 Å². The molecule has 0 bridgehead atoms. The molecule has 5 heteroatoms. The molecule has 0 saturated heterocycles. The zero-order valence-electron chi connectivity index (χ0n) is 11.7. The standard InChI is InChI=1S/C12H24N4S/c1-7-8-16-10(13-14-11(16)17)15(6)9(2)12(3,4)5/h9H,7-8H2,1-6H3,(H,14,17). The second kappa shape index (κ2) is 5.21. The molecule has 0 fully saturated rings. The lowest BCUT2D eigenvalue weighted by Crippen LogP contribution is -2.40. The fourth-order valence-electron chi connectivity index (χ4n) is 1.76. The minimum Gasteiger partial charge on any atom is -0.341 e. The van der Waals surface area contributed by atoms with E-state index in [1.807, 2.05) is 0 Å². The summed E-state index contributed by atoms with van der Waals surface area (Å²) in [5.41, 5.74) is 0.208. The molecule has 1 heterocycles. The van der Waals surface area contributed by atoms with E-state index in [0.717, 1.165) is 18.9 Å². The largest absolute Gasteiger partial charge is 0.341 e. The Morgan fingerprint density at radius 3 is 2.53 bits per heavy atom. The van der Waals surface area contributed by atoms with Crippen LogP contribution in [0.15, 0.2) is 0 Å². The summed E-state index contributed by atoms with van der Waals surface area (Å²) in [7, 11) is 2.08. The van der Waals surface area contributed by atoms with Gasteiger partial charge in [0.25, 0.3) is 0 Å². The number of hydrogen-bond acceptors (Lipinski definition) is 3. The summed E-state index contributed by atoms with van der Waals surface area (Å²) in [4.78, 5) is 2.20. The van der Waals surface area contributed by atoms with Gasteiger partial charge in [-0.15, -0.1) is 5.10 Å². The van der Waals surface area contributed by atoms with Crippen molar-refractivity contribution in [1.29, 1.82) is 0 Å². The number of nitrogens with zero attached hydrogens (tertiary/aromatic N) is 3. The van der Waals surface area contributed by atoms with E-state index in [2.05, 4.69) is 61.3 Å². The molecule has 1 N–H and O–H groups in total. The van der Waals surface area contributed by atoms with Crippen LogP contribution in [0, 0.1) is 10.2 Å². The Hall–Kier alpha value is -0.840. The van der Waals surface area contributed by atoms with Crippen LogP contribution in [-0.4, -0.2) is 27.9 Å². The molecule has 0 aliphatic carbocycles. The third kappa shape index (κ3) is 3.09. The number of H-pyrrole nitrogens is 1. The molecule has 0 spiro atoms. The van der Waals surface area contributed by atoms with Crippen molar-refractivity contribution in [3.63, 3.8) is 0 Å². The van der Waals surface area contributed by atoms with Gasteiger partial charge in [0.05, 0.1) is 0 Å². The Morgan fingerprint density at radius 1 is 1.47 bits per heavy atom. The Morgan fingerprint density at radius 2 is 2.06 bits per heavy atom. The molecule has 1 unspecified atom stereocenters. The molecule has 0 amide bonds. The Kier molecular flexibility index (Phi) is 4.36. The van der Waals surface area contributed by atoms with Gasteiger partial charge in [0.15, 0.2) is 4.77 Å². The van der Waals surface area contributed by atoms with Crippen molar-refractivity contribution in [1.82, 2.24) is 14.8 Å². The molecule has 1 rings (SSSR count). The Bertz CT molecular complexity index is 413. The molecule has 0 radical (unpaired) electrons. The normalized spacial score (nSPS) is 13.8. The fourth-order valence-corrected chi connectivity index (χ4v) is 1.98. The highest BCUT2D eigenvalue weighted by Crippen LogP contribution is 2.26. The molecule has 0 aliphatic rings. The van der Waals surface area contributed by atoms with Crippen LogP contribution in [0.1, 0.15) is 41.0 Å². The second-order valence-electron chi connectivity index (χ2n) is 5.63. The number of aromatic nitrogens is 3. The number of aromatic amines is 1. The van der Waals surface area contributed by atoms with Crippen LogP contribution < -0.4 is 4.90 Å². The van der Waals surface area contributed by atoms with Gasteiger partial charge in [-0.1, -0.05) is 27.7 Å². The summed E-state index contributed by atoms with van der Waals surface area (Å²) in [5.74, 6) is 0.930. The summed E-state index contributed by atoms with van der Waals surface area (Å²) in [5, 5.41) is 7.22. The van der Waals surface area contributed by atoms with E-state index in [9.17, 15) is 0 Å². The third-order valence-electron chi connectivity index (χ3n) is 3.34. The average Bonchev–Trinajstić information content (AvgIpc) is 2.58. The molecule has 98 valence electrons. The van der Waals surface area contributed by atoms with Crippen LogP contribution in [-0.2, 0) is 6.54 Å². The van der Waals surface area contributed by atoms with Crippen molar-refractivity contribution in [2.24, 2.45) is 5.41 Å². The van der Waals surface area contributed by atoms with Gasteiger partial charge in [0.1, 0.15) is 0 Å². The summed E-state index contributed by atoms with van der Waals surface area (Å²) >= 11 is 5.26. The van der Waals surface area contributed by atoms with Crippen molar-refractivity contribution < 1.29 is 0 Å². The lowest BCUT2D eigenvalue weighted by Gasteiger charge is -2.35. The van der Waals surface area contributed by atoms with E-state index in [-0.39, 0.29) is 5.41 Å². The minimum absolute atomic E-state index is 0.208. The predicted molar refractivity (Wildman–Crippen MR) is 75.0 cm³/mol. The van der Waals surface area contributed by atoms with Crippen LogP contribution in [0.25, 0.3) is 0 Å². The van der Waals surface area contributed by atoms with Crippen LogP contribution >= 0.6 is 12.2 Å². The number of hydrogen-bond donors (Lipinski definition) is 1. The van der Waals surface area contributed by atoms with Crippen LogP contribution in [0.2, 0.25) is 0 Å². The first-order valence-corrected chi connectivity index (χ1v) is 6.58. The van der Waals surface area contributed by atoms with E-state index in [0.29, 0.717) is 10.8 Å². The molecule has 0 aliphatic heterocycles. The van der Waals surface area contributed by atoms with E-state index < -0.39 is 0 Å². The van der Waals surface area contributed by atoms with Crippen LogP contribution in [0.3, 0.4) is 0 Å². The average molecular weight is 256 g/mol. The summed E-state index contributed by atoms with van der Waals surface area (Å²) in [6, 6.07) is 0.392. The SMILES string of the molecule is CCCn1c(N(C)C(C)C(C)(C)C)n[nH]c1=S. The van der Waals surface area contributed by atoms with Gasteiger partial charge in [-0.05, 0) is 31.0 Å². The monoisotopic (exact) mass is 256 g/mol. The maximum atomic E-state index is 5.26. The van der Waals surface area contributed by atoms with E-state index in [1.165, 1.54) is 0 Å². The predicted octanol–water partition coefficient (Wildman–Crippen LogP) is 3.22. The van der Waals surface area contributed by atoms with Gasteiger partial charge in [-0.3, -0.25) is 4.57 Å². The third-order valence-corrected chi connectivity index (χ3v) is 3.65. The molecule has 4 nitrogen and oxygen atoms in total. The van der Waals surface area contributed by atoms with Crippen molar-refractivity contribution in [3.8, 4) is 0 Å². The maximum absolute atomic E-state index is 5.26. The molecule has 1 aromatic heterocycles. The molecule has 0 aromatic carbocycles. The van der Waals surface area contributed by atoms with Crippen LogP contribution in [0.4, 0.5) is 5.95 Å². The first-order valence-electron chi connectivity index (χ1n) is 6.17. The first-order chi connectivity index (χ1) is 7.79. The lowest BCUT2D eigenvalue weighted by atomic mass is 9.87. The van der Waals surface area contributed by atoms with E-state index >= 15 is 0 Å². The quantitative estimate of drug-likeness (QED) is 0.840. The van der Waals surface area contributed by atoms with Gasteiger partial charge in [-0.2, -0.15) is 0 Å². The van der Waals surface area contributed by atoms with E-state index in [1.54, 1.807) is 0 Å². The highest BCUT2D eigenvalue weighted by Gasteiger charge is 2.26. The van der Waals surface area contributed by atoms with Gasteiger partial charge < -0.3 is 4.90 Å². The van der Waals surface area contributed by atoms with Gasteiger partial charge in [-0.25, -0.2) is 5.10 Å². The topological polar surface area (TPSA) is 36.9 Å². The second-order valence-corrected chi connectivity index (χ2v) is 6.02. The molecule has 17 heavy (non-hydrogen) atoms. The van der Waals surface area contributed by atoms with Crippen molar-refractivity contribution in [2.45, 2.75) is 53.6 Å². The summed E-state index contributed by atoms with van der Waals surface area (Å²) in [6.07, 6.45) is 1.05. The van der Waals surface area contributed by atoms with Gasteiger partial charge in [0, 0.05) is 19.6 Å². The minimum atomic E-state index is 0.208. The van der Waals surface area contributed by atoms with Crippen LogP contribution in [0.5, 0.6) is 0 Å².